The molecule has 0 aliphatic rings. The lowest BCUT2D eigenvalue weighted by atomic mass is 9.85. The second-order valence-electron chi connectivity index (χ2n) is 4.87. The Bertz CT molecular complexity index is 367. The fourth-order valence-electron chi connectivity index (χ4n) is 1.75. The molecule has 0 saturated heterocycles. The van der Waals surface area contributed by atoms with Gasteiger partial charge in [0.2, 0.25) is 0 Å². The molecule has 2 nitrogen and oxygen atoms in total. The Labute approximate surface area is 102 Å². The molecule has 1 N–H and O–H groups in total. The van der Waals surface area contributed by atoms with Crippen LogP contribution in [0.3, 0.4) is 0 Å². The molecular formula is C13H19ClO2. The first-order chi connectivity index (χ1) is 7.40. The summed E-state index contributed by atoms with van der Waals surface area (Å²) in [6.07, 6.45) is 0.562. The van der Waals surface area contributed by atoms with Crippen molar-refractivity contribution < 1.29 is 9.84 Å². The van der Waals surface area contributed by atoms with E-state index in [4.69, 9.17) is 21.4 Å². The zero-order chi connectivity index (χ0) is 12.3. The molecule has 1 rings (SSSR count). The lowest BCUT2D eigenvalue weighted by molar-refractivity contribution is 0.296. The van der Waals surface area contributed by atoms with Crippen LogP contribution in [0.5, 0.6) is 5.75 Å². The molecule has 0 aliphatic carbocycles. The van der Waals surface area contributed by atoms with Gasteiger partial charge in [0.05, 0.1) is 7.11 Å². The van der Waals surface area contributed by atoms with Crippen molar-refractivity contribution in [3.05, 3.63) is 28.3 Å². The van der Waals surface area contributed by atoms with Gasteiger partial charge < -0.3 is 9.84 Å². The Balaban J connectivity index is 3.36. The molecule has 1 aromatic carbocycles. The summed E-state index contributed by atoms with van der Waals surface area (Å²) < 4.78 is 5.44. The molecule has 0 aliphatic heterocycles. The molecule has 0 atom stereocenters. The SMILES string of the molecule is COc1c(CCO)cc(Cl)cc1C(C)(C)C. The summed E-state index contributed by atoms with van der Waals surface area (Å²) in [5, 5.41) is 9.71. The molecule has 0 saturated carbocycles. The van der Waals surface area contributed by atoms with Crippen molar-refractivity contribution in [2.75, 3.05) is 13.7 Å². The maximum atomic E-state index is 9.03. The standard InChI is InChI=1S/C13H19ClO2/c1-13(2,3)11-8-10(14)7-9(5-6-15)12(11)16-4/h7-8,15H,5-6H2,1-4H3. The van der Waals surface area contributed by atoms with Gasteiger partial charge in [0, 0.05) is 17.2 Å². The molecule has 1 aromatic rings. The van der Waals surface area contributed by atoms with E-state index in [0.29, 0.717) is 11.4 Å². The predicted molar refractivity (Wildman–Crippen MR) is 67.5 cm³/mol. The van der Waals surface area contributed by atoms with Gasteiger partial charge in [-0.05, 0) is 29.5 Å². The summed E-state index contributed by atoms with van der Waals surface area (Å²) in [6, 6.07) is 3.78. The van der Waals surface area contributed by atoms with E-state index in [-0.39, 0.29) is 12.0 Å². The van der Waals surface area contributed by atoms with Crippen LogP contribution in [-0.4, -0.2) is 18.8 Å². The number of halogens is 1. The Morgan fingerprint density at radius 3 is 2.38 bits per heavy atom. The smallest absolute Gasteiger partial charge is 0.125 e. The second kappa shape index (κ2) is 5.07. The molecule has 0 aromatic heterocycles. The van der Waals surface area contributed by atoms with E-state index in [0.717, 1.165) is 16.9 Å². The maximum Gasteiger partial charge on any atom is 0.125 e. The molecule has 0 heterocycles. The molecule has 90 valence electrons. The highest BCUT2D eigenvalue weighted by molar-refractivity contribution is 6.30. The van der Waals surface area contributed by atoms with Gasteiger partial charge in [0.15, 0.2) is 0 Å². The number of hydrogen-bond acceptors (Lipinski definition) is 2. The highest BCUT2D eigenvalue weighted by atomic mass is 35.5. The van der Waals surface area contributed by atoms with Crippen LogP contribution in [0.4, 0.5) is 0 Å². The number of methoxy groups -OCH3 is 1. The second-order valence-corrected chi connectivity index (χ2v) is 5.31. The molecule has 0 unspecified atom stereocenters. The third-order valence-electron chi connectivity index (χ3n) is 2.52. The first kappa shape index (κ1) is 13.3. The molecule has 0 bridgehead atoms. The number of benzene rings is 1. The zero-order valence-corrected chi connectivity index (χ0v) is 11.1. The Kier molecular flexibility index (Phi) is 4.22. The average molecular weight is 243 g/mol. The third-order valence-corrected chi connectivity index (χ3v) is 2.74. The number of aliphatic hydroxyl groups excluding tert-OH is 1. The first-order valence-corrected chi connectivity index (χ1v) is 5.75. The normalized spacial score (nSPS) is 11.6. The van der Waals surface area contributed by atoms with E-state index < -0.39 is 0 Å². The quantitative estimate of drug-likeness (QED) is 0.882. The topological polar surface area (TPSA) is 29.5 Å². The minimum atomic E-state index is -0.0273. The molecule has 16 heavy (non-hydrogen) atoms. The number of rotatable bonds is 3. The number of aliphatic hydroxyl groups is 1. The molecule has 0 fully saturated rings. The van der Waals surface area contributed by atoms with Crippen molar-refractivity contribution in [1.29, 1.82) is 0 Å². The van der Waals surface area contributed by atoms with E-state index in [1.165, 1.54) is 0 Å². The average Bonchev–Trinajstić information content (AvgIpc) is 2.16. The van der Waals surface area contributed by atoms with Gasteiger partial charge in [-0.25, -0.2) is 0 Å². The summed E-state index contributed by atoms with van der Waals surface area (Å²) >= 11 is 6.08. The summed E-state index contributed by atoms with van der Waals surface area (Å²) in [5.74, 6) is 0.839. The Morgan fingerprint density at radius 1 is 1.31 bits per heavy atom. The lowest BCUT2D eigenvalue weighted by Crippen LogP contribution is -2.14. The van der Waals surface area contributed by atoms with Crippen molar-refractivity contribution in [3.63, 3.8) is 0 Å². The number of hydrogen-bond donors (Lipinski definition) is 1. The van der Waals surface area contributed by atoms with Crippen LogP contribution >= 0.6 is 11.6 Å². The van der Waals surface area contributed by atoms with Crippen LogP contribution in [0.1, 0.15) is 31.9 Å². The molecule has 0 spiro atoms. The van der Waals surface area contributed by atoms with Crippen LogP contribution < -0.4 is 4.74 Å². The first-order valence-electron chi connectivity index (χ1n) is 5.38. The molecule has 0 radical (unpaired) electrons. The summed E-state index contributed by atoms with van der Waals surface area (Å²) in [6.45, 7) is 6.44. The van der Waals surface area contributed by atoms with Crippen LogP contribution in [0.2, 0.25) is 5.02 Å². The highest BCUT2D eigenvalue weighted by Gasteiger charge is 2.21. The van der Waals surface area contributed by atoms with Gasteiger partial charge >= 0.3 is 0 Å². The van der Waals surface area contributed by atoms with E-state index in [1.54, 1.807) is 7.11 Å². The van der Waals surface area contributed by atoms with Crippen molar-refractivity contribution in [3.8, 4) is 5.75 Å². The van der Waals surface area contributed by atoms with E-state index in [2.05, 4.69) is 20.8 Å². The number of ether oxygens (including phenoxy) is 1. The van der Waals surface area contributed by atoms with Gasteiger partial charge in [-0.15, -0.1) is 0 Å². The predicted octanol–water partition coefficient (Wildman–Crippen LogP) is 3.18. The minimum Gasteiger partial charge on any atom is -0.496 e. The summed E-state index contributed by atoms with van der Waals surface area (Å²) in [7, 11) is 1.65. The van der Waals surface area contributed by atoms with Gasteiger partial charge in [-0.3, -0.25) is 0 Å². The fraction of sp³-hybridized carbons (Fsp3) is 0.538. The monoisotopic (exact) mass is 242 g/mol. The van der Waals surface area contributed by atoms with E-state index in [1.807, 2.05) is 12.1 Å². The van der Waals surface area contributed by atoms with Crippen LogP contribution in [0, 0.1) is 0 Å². The van der Waals surface area contributed by atoms with Gasteiger partial charge in [0.25, 0.3) is 0 Å². The molecule has 3 heteroatoms. The third kappa shape index (κ3) is 2.89. The minimum absolute atomic E-state index is 0.0273. The van der Waals surface area contributed by atoms with E-state index >= 15 is 0 Å². The summed E-state index contributed by atoms with van der Waals surface area (Å²) in [5.41, 5.74) is 2.01. The molecule has 0 amide bonds. The van der Waals surface area contributed by atoms with Gasteiger partial charge in [0.1, 0.15) is 5.75 Å². The van der Waals surface area contributed by atoms with E-state index in [9.17, 15) is 0 Å². The van der Waals surface area contributed by atoms with Crippen LogP contribution in [-0.2, 0) is 11.8 Å². The van der Waals surface area contributed by atoms with Gasteiger partial charge in [-0.1, -0.05) is 32.4 Å². The van der Waals surface area contributed by atoms with Crippen molar-refractivity contribution in [2.24, 2.45) is 0 Å². The molecular weight excluding hydrogens is 224 g/mol. The van der Waals surface area contributed by atoms with Gasteiger partial charge in [-0.2, -0.15) is 0 Å². The van der Waals surface area contributed by atoms with Crippen molar-refractivity contribution in [1.82, 2.24) is 0 Å². The summed E-state index contributed by atoms with van der Waals surface area (Å²) in [4.78, 5) is 0. The Hall–Kier alpha value is -0.730. The fourth-order valence-corrected chi connectivity index (χ4v) is 2.00. The van der Waals surface area contributed by atoms with Crippen molar-refractivity contribution in [2.45, 2.75) is 32.6 Å². The lowest BCUT2D eigenvalue weighted by Gasteiger charge is -2.24. The maximum absolute atomic E-state index is 9.03. The zero-order valence-electron chi connectivity index (χ0n) is 10.3. The van der Waals surface area contributed by atoms with Crippen molar-refractivity contribution >= 4 is 11.6 Å². The van der Waals surface area contributed by atoms with Crippen LogP contribution in [0.25, 0.3) is 0 Å². The highest BCUT2D eigenvalue weighted by Crippen LogP contribution is 2.36. The Morgan fingerprint density at radius 2 is 1.94 bits per heavy atom. The largest absolute Gasteiger partial charge is 0.496 e. The van der Waals surface area contributed by atoms with Crippen LogP contribution in [0.15, 0.2) is 12.1 Å².